The minimum atomic E-state index is 0.230. The normalized spacial score (nSPS) is 18.1. The molecule has 140 valence electrons. The fourth-order valence-electron chi connectivity index (χ4n) is 3.94. The molecule has 1 saturated heterocycles. The summed E-state index contributed by atoms with van der Waals surface area (Å²) in [6, 6.07) is 13.5. The van der Waals surface area contributed by atoms with Gasteiger partial charge in [0.25, 0.3) is 0 Å². The van der Waals surface area contributed by atoms with Gasteiger partial charge in [-0.1, -0.05) is 23.7 Å². The summed E-state index contributed by atoms with van der Waals surface area (Å²) >= 11 is 6.10. The van der Waals surface area contributed by atoms with Crippen LogP contribution in [0.2, 0.25) is 5.02 Å². The highest BCUT2D eigenvalue weighted by Gasteiger charge is 2.20. The summed E-state index contributed by atoms with van der Waals surface area (Å²) in [6.07, 6.45) is 3.95. The summed E-state index contributed by atoms with van der Waals surface area (Å²) in [5, 5.41) is 21.5. The number of likely N-dealkylation sites (tertiary alicyclic amines) is 1. The van der Waals surface area contributed by atoms with Crippen LogP contribution in [-0.2, 0) is 6.54 Å². The Morgan fingerprint density at radius 2 is 2.04 bits per heavy atom. The molecular weight excluding hydrogens is 360 g/mol. The van der Waals surface area contributed by atoms with Gasteiger partial charge in [0.2, 0.25) is 0 Å². The first-order chi connectivity index (χ1) is 13.1. The summed E-state index contributed by atoms with van der Waals surface area (Å²) in [7, 11) is 0. The molecule has 4 nitrogen and oxygen atoms in total. The summed E-state index contributed by atoms with van der Waals surface area (Å²) in [6.45, 7) is 2.78. The van der Waals surface area contributed by atoms with Crippen molar-refractivity contribution >= 4 is 22.5 Å². The summed E-state index contributed by atoms with van der Waals surface area (Å²) < 4.78 is 0. The van der Waals surface area contributed by atoms with Crippen LogP contribution in [0, 0.1) is 5.92 Å². The van der Waals surface area contributed by atoms with Crippen LogP contribution >= 0.6 is 11.6 Å². The molecule has 1 unspecified atom stereocenters. The predicted octanol–water partition coefficient (Wildman–Crippen LogP) is 4.47. The van der Waals surface area contributed by atoms with Crippen LogP contribution in [0.4, 0.5) is 0 Å². The summed E-state index contributed by atoms with van der Waals surface area (Å²) in [5.74, 6) is 0.643. The van der Waals surface area contributed by atoms with E-state index >= 15 is 0 Å². The second kappa shape index (κ2) is 7.85. The molecule has 1 atom stereocenters. The molecule has 27 heavy (non-hydrogen) atoms. The lowest BCUT2D eigenvalue weighted by atomic mass is 9.96. The van der Waals surface area contributed by atoms with Crippen molar-refractivity contribution in [3.8, 4) is 16.9 Å². The third-order valence-corrected chi connectivity index (χ3v) is 5.59. The second-order valence-corrected chi connectivity index (χ2v) is 7.73. The van der Waals surface area contributed by atoms with Crippen molar-refractivity contribution in [1.29, 1.82) is 0 Å². The largest absolute Gasteiger partial charge is 0.508 e. The zero-order chi connectivity index (χ0) is 18.8. The average molecular weight is 383 g/mol. The first-order valence-corrected chi connectivity index (χ1v) is 9.71. The fourth-order valence-corrected chi connectivity index (χ4v) is 4.10. The van der Waals surface area contributed by atoms with Crippen molar-refractivity contribution in [3.63, 3.8) is 0 Å². The molecule has 1 aromatic heterocycles. The first kappa shape index (κ1) is 18.2. The maximum Gasteiger partial charge on any atom is 0.120 e. The highest BCUT2D eigenvalue weighted by Crippen LogP contribution is 2.32. The molecule has 0 aliphatic carbocycles. The zero-order valence-electron chi connectivity index (χ0n) is 15.1. The van der Waals surface area contributed by atoms with Crippen LogP contribution in [0.15, 0.2) is 48.7 Å². The van der Waals surface area contributed by atoms with Gasteiger partial charge in [-0.15, -0.1) is 0 Å². The number of fused-ring (bicyclic) bond motifs is 1. The Labute approximate surface area is 164 Å². The van der Waals surface area contributed by atoms with E-state index in [2.05, 4.69) is 16.0 Å². The average Bonchev–Trinajstić information content (AvgIpc) is 2.69. The third kappa shape index (κ3) is 3.93. The third-order valence-electron chi connectivity index (χ3n) is 5.35. The number of hydrogen-bond acceptors (Lipinski definition) is 4. The van der Waals surface area contributed by atoms with Crippen LogP contribution in [0.1, 0.15) is 18.4 Å². The lowest BCUT2D eigenvalue weighted by molar-refractivity contribution is 0.115. The van der Waals surface area contributed by atoms with Crippen molar-refractivity contribution in [1.82, 2.24) is 9.88 Å². The van der Waals surface area contributed by atoms with E-state index in [0.717, 1.165) is 53.5 Å². The Morgan fingerprint density at radius 3 is 2.89 bits per heavy atom. The molecule has 0 saturated carbocycles. The van der Waals surface area contributed by atoms with Crippen LogP contribution in [0.25, 0.3) is 22.0 Å². The number of nitrogens with zero attached hydrogens (tertiary/aromatic N) is 2. The number of aliphatic hydroxyl groups excluding tert-OH is 1. The van der Waals surface area contributed by atoms with Gasteiger partial charge in [0, 0.05) is 41.9 Å². The van der Waals surface area contributed by atoms with Gasteiger partial charge >= 0.3 is 0 Å². The number of aromatic hydroxyl groups is 1. The number of aliphatic hydroxyl groups is 1. The number of phenols is 1. The van der Waals surface area contributed by atoms with Crippen molar-refractivity contribution in [2.24, 2.45) is 5.92 Å². The zero-order valence-corrected chi connectivity index (χ0v) is 15.9. The van der Waals surface area contributed by atoms with Gasteiger partial charge in [0.1, 0.15) is 5.75 Å². The lowest BCUT2D eigenvalue weighted by Gasteiger charge is -2.32. The van der Waals surface area contributed by atoms with Gasteiger partial charge < -0.3 is 10.2 Å². The molecule has 5 heteroatoms. The second-order valence-electron chi connectivity index (χ2n) is 7.29. The quantitative estimate of drug-likeness (QED) is 0.699. The lowest BCUT2D eigenvalue weighted by Crippen LogP contribution is -2.36. The van der Waals surface area contributed by atoms with E-state index in [1.165, 1.54) is 0 Å². The molecule has 0 bridgehead atoms. The van der Waals surface area contributed by atoms with Crippen LogP contribution in [0.5, 0.6) is 5.75 Å². The molecule has 2 heterocycles. The monoisotopic (exact) mass is 382 g/mol. The Hall–Kier alpha value is -2.14. The smallest absolute Gasteiger partial charge is 0.120 e. The number of benzene rings is 2. The molecular formula is C22H23ClN2O2. The molecule has 1 fully saturated rings. The molecule has 0 amide bonds. The van der Waals surface area contributed by atoms with Crippen molar-refractivity contribution in [2.45, 2.75) is 19.4 Å². The molecule has 0 radical (unpaired) electrons. The van der Waals surface area contributed by atoms with Crippen molar-refractivity contribution in [3.05, 3.63) is 59.2 Å². The minimum absolute atomic E-state index is 0.230. The number of pyridine rings is 1. The first-order valence-electron chi connectivity index (χ1n) is 9.34. The van der Waals surface area contributed by atoms with Crippen molar-refractivity contribution in [2.75, 3.05) is 19.7 Å². The number of piperidine rings is 1. The Bertz CT molecular complexity index is 960. The number of rotatable bonds is 4. The van der Waals surface area contributed by atoms with Crippen LogP contribution in [0.3, 0.4) is 0 Å². The number of phenolic OH excluding ortho intramolecular Hbond substituents is 1. The minimum Gasteiger partial charge on any atom is -0.508 e. The van der Waals surface area contributed by atoms with Gasteiger partial charge in [-0.05, 0) is 66.8 Å². The van der Waals surface area contributed by atoms with E-state index in [4.69, 9.17) is 11.6 Å². The topological polar surface area (TPSA) is 56.6 Å². The fraction of sp³-hybridized carbons (Fsp3) is 0.318. The molecule has 1 aliphatic heterocycles. The standard InChI is InChI=1S/C22H23ClN2O2/c23-18-4-5-20-19(7-8-24-21(20)11-18)16-3-6-22(27)17(10-16)13-25-9-1-2-15(12-25)14-26/h3-8,10-11,15,26-27H,1-2,9,12-14H2. The highest BCUT2D eigenvalue weighted by molar-refractivity contribution is 6.31. The van der Waals surface area contributed by atoms with Crippen molar-refractivity contribution < 1.29 is 10.2 Å². The molecule has 2 aromatic carbocycles. The van der Waals surface area contributed by atoms with E-state index < -0.39 is 0 Å². The summed E-state index contributed by atoms with van der Waals surface area (Å²) in [4.78, 5) is 6.73. The molecule has 0 spiro atoms. The van der Waals surface area contributed by atoms with E-state index in [1.807, 2.05) is 30.3 Å². The molecule has 1 aliphatic rings. The number of halogens is 1. The van der Waals surface area contributed by atoms with Gasteiger partial charge in [-0.2, -0.15) is 0 Å². The van der Waals surface area contributed by atoms with Gasteiger partial charge in [0.15, 0.2) is 0 Å². The SMILES string of the molecule is OCC1CCCN(Cc2cc(-c3ccnc4cc(Cl)ccc34)ccc2O)C1. The Kier molecular flexibility index (Phi) is 5.30. The number of aromatic nitrogens is 1. The highest BCUT2D eigenvalue weighted by atomic mass is 35.5. The maximum absolute atomic E-state index is 10.4. The van der Waals surface area contributed by atoms with Crippen LogP contribution in [-0.4, -0.2) is 39.8 Å². The molecule has 4 rings (SSSR count). The Balaban J connectivity index is 1.67. The molecule has 2 N–H and O–H groups in total. The van der Waals surface area contributed by atoms with E-state index in [9.17, 15) is 10.2 Å². The van der Waals surface area contributed by atoms with Crippen LogP contribution < -0.4 is 0 Å². The predicted molar refractivity (Wildman–Crippen MR) is 109 cm³/mol. The van der Waals surface area contributed by atoms with Gasteiger partial charge in [-0.3, -0.25) is 9.88 Å². The number of hydrogen-bond donors (Lipinski definition) is 2. The Morgan fingerprint density at radius 1 is 1.15 bits per heavy atom. The maximum atomic E-state index is 10.4. The van der Waals surface area contributed by atoms with Gasteiger partial charge in [-0.25, -0.2) is 0 Å². The molecule has 3 aromatic rings. The van der Waals surface area contributed by atoms with E-state index in [1.54, 1.807) is 12.3 Å². The van der Waals surface area contributed by atoms with E-state index in [0.29, 0.717) is 23.2 Å². The van der Waals surface area contributed by atoms with Gasteiger partial charge in [0.05, 0.1) is 5.52 Å². The van der Waals surface area contributed by atoms with E-state index in [-0.39, 0.29) is 6.61 Å². The summed E-state index contributed by atoms with van der Waals surface area (Å²) in [5.41, 5.74) is 3.89.